The summed E-state index contributed by atoms with van der Waals surface area (Å²) in [5.74, 6) is 0. The van der Waals surface area contributed by atoms with Gasteiger partial charge in [-0.2, -0.15) is 0 Å². The summed E-state index contributed by atoms with van der Waals surface area (Å²) in [5.41, 5.74) is 5.01. The molecule has 0 atom stereocenters. The fraction of sp³-hybridized carbons (Fsp3) is 0. The molecule has 0 radical (unpaired) electrons. The summed E-state index contributed by atoms with van der Waals surface area (Å²) in [7, 11) is 0. The summed E-state index contributed by atoms with van der Waals surface area (Å²) in [6.07, 6.45) is 3.76. The minimum Gasteiger partial charge on any atom is -0.267 e. The van der Waals surface area contributed by atoms with Crippen LogP contribution in [0.2, 0.25) is 0 Å². The molecule has 7 rings (SSSR count). The Hall–Kier alpha value is -4.14. The molecular formula is C26H14N4O2S2. The molecule has 0 aliphatic rings. The van der Waals surface area contributed by atoms with Gasteiger partial charge in [-0.15, -0.1) is 0 Å². The predicted molar refractivity (Wildman–Crippen MR) is 138 cm³/mol. The Morgan fingerprint density at radius 1 is 0.588 bits per heavy atom. The molecule has 3 aromatic carbocycles. The average Bonchev–Trinajstić information content (AvgIpc) is 3.56. The zero-order valence-electron chi connectivity index (χ0n) is 17.5. The monoisotopic (exact) mass is 478 g/mol. The third-order valence-electron chi connectivity index (χ3n) is 5.82. The van der Waals surface area contributed by atoms with Crippen molar-refractivity contribution in [3.8, 4) is 0 Å². The van der Waals surface area contributed by atoms with Crippen LogP contribution in [-0.4, -0.2) is 18.8 Å². The highest BCUT2D eigenvalue weighted by atomic mass is 32.1. The smallest absolute Gasteiger partial charge is 0.267 e. The molecule has 0 aliphatic heterocycles. The minimum absolute atomic E-state index is 0.0607. The van der Waals surface area contributed by atoms with Gasteiger partial charge in [0.1, 0.15) is 0 Å². The van der Waals surface area contributed by atoms with Crippen LogP contribution < -0.4 is 20.2 Å². The SMILES string of the molecule is O=c1/c(=C/c2ccc(/C=c3/sc4nc5ccccc5n4c3=O)cc2)sc2nc3ccccc3n12. The van der Waals surface area contributed by atoms with E-state index in [-0.39, 0.29) is 11.1 Å². The Kier molecular flexibility index (Phi) is 4.08. The molecule has 7 aromatic rings. The minimum atomic E-state index is -0.0607. The Labute approximate surface area is 199 Å². The largest absolute Gasteiger partial charge is 0.274 e. The van der Waals surface area contributed by atoms with Crippen LogP contribution in [0.4, 0.5) is 0 Å². The highest BCUT2D eigenvalue weighted by molar-refractivity contribution is 7.15. The summed E-state index contributed by atoms with van der Waals surface area (Å²) in [4.78, 5) is 36.4. The van der Waals surface area contributed by atoms with Gasteiger partial charge in [-0.25, -0.2) is 18.8 Å². The van der Waals surface area contributed by atoms with E-state index in [0.29, 0.717) is 19.0 Å². The fourth-order valence-corrected chi connectivity index (χ4v) is 6.19. The van der Waals surface area contributed by atoms with Gasteiger partial charge < -0.3 is 0 Å². The van der Waals surface area contributed by atoms with Crippen LogP contribution in [0.3, 0.4) is 0 Å². The van der Waals surface area contributed by atoms with E-state index in [1.807, 2.05) is 84.9 Å². The zero-order chi connectivity index (χ0) is 22.8. The predicted octanol–water partition coefficient (Wildman–Crippen LogP) is 3.23. The van der Waals surface area contributed by atoms with Gasteiger partial charge in [0.05, 0.1) is 31.1 Å². The first-order valence-electron chi connectivity index (χ1n) is 10.6. The van der Waals surface area contributed by atoms with Crippen LogP contribution in [0.15, 0.2) is 82.4 Å². The van der Waals surface area contributed by atoms with Crippen molar-refractivity contribution < 1.29 is 0 Å². The number of benzene rings is 3. The number of nitrogens with zero attached hydrogens (tertiary/aromatic N) is 4. The molecule has 0 aliphatic carbocycles. The van der Waals surface area contributed by atoms with E-state index < -0.39 is 0 Å². The van der Waals surface area contributed by atoms with Gasteiger partial charge in [0.2, 0.25) is 0 Å². The lowest BCUT2D eigenvalue weighted by atomic mass is 10.1. The molecule has 0 saturated heterocycles. The molecule has 0 bridgehead atoms. The maximum absolute atomic E-state index is 13.0. The molecule has 8 heteroatoms. The van der Waals surface area contributed by atoms with Gasteiger partial charge in [0.25, 0.3) is 11.1 Å². The summed E-state index contributed by atoms with van der Waals surface area (Å²) in [5, 5.41) is 0. The second kappa shape index (κ2) is 7.18. The van der Waals surface area contributed by atoms with Crippen molar-refractivity contribution in [2.24, 2.45) is 0 Å². The summed E-state index contributed by atoms with van der Waals surface area (Å²) in [6.45, 7) is 0. The second-order valence-electron chi connectivity index (χ2n) is 7.94. The van der Waals surface area contributed by atoms with Crippen molar-refractivity contribution >= 4 is 66.8 Å². The standard InChI is InChI=1S/C26H14N4O2S2/c31-23-21(33-25-27-17-5-1-3-7-19(17)29(23)25)13-15-9-11-16(12-10-15)14-22-24(32)30-20-8-4-2-6-18(20)28-26(30)34-22/h1-14H/b21-13-,22-14+. The number of rotatable bonds is 2. The van der Waals surface area contributed by atoms with Crippen molar-refractivity contribution in [2.45, 2.75) is 0 Å². The van der Waals surface area contributed by atoms with Gasteiger partial charge in [0, 0.05) is 0 Å². The molecule has 0 spiro atoms. The molecule has 6 nitrogen and oxygen atoms in total. The van der Waals surface area contributed by atoms with Gasteiger partial charge in [-0.3, -0.25) is 9.59 Å². The van der Waals surface area contributed by atoms with E-state index in [0.717, 1.165) is 33.2 Å². The van der Waals surface area contributed by atoms with Crippen molar-refractivity contribution in [3.05, 3.63) is 114 Å². The van der Waals surface area contributed by atoms with Gasteiger partial charge in [0.15, 0.2) is 9.92 Å². The van der Waals surface area contributed by atoms with E-state index in [9.17, 15) is 9.59 Å². The number of hydrogen-bond donors (Lipinski definition) is 0. The quantitative estimate of drug-likeness (QED) is 0.383. The van der Waals surface area contributed by atoms with Crippen LogP contribution in [-0.2, 0) is 0 Å². The Morgan fingerprint density at radius 3 is 1.44 bits per heavy atom. The van der Waals surface area contributed by atoms with Gasteiger partial charge in [-0.05, 0) is 47.5 Å². The summed E-state index contributed by atoms with van der Waals surface area (Å²) in [6, 6.07) is 23.1. The lowest BCUT2D eigenvalue weighted by molar-refractivity contribution is 1.19. The number of thiazole rings is 2. The first kappa shape index (κ1) is 19.3. The van der Waals surface area contributed by atoms with Crippen molar-refractivity contribution in [3.63, 3.8) is 0 Å². The zero-order valence-corrected chi connectivity index (χ0v) is 19.1. The van der Waals surface area contributed by atoms with E-state index >= 15 is 0 Å². The van der Waals surface area contributed by atoms with E-state index in [1.54, 1.807) is 8.80 Å². The number of hydrogen-bond acceptors (Lipinski definition) is 6. The Bertz CT molecular complexity index is 1960. The van der Waals surface area contributed by atoms with Gasteiger partial charge >= 0.3 is 0 Å². The van der Waals surface area contributed by atoms with Crippen molar-refractivity contribution in [1.29, 1.82) is 0 Å². The lowest BCUT2D eigenvalue weighted by Gasteiger charge is -1.94. The molecule has 4 aromatic heterocycles. The Balaban J connectivity index is 1.29. The third kappa shape index (κ3) is 2.86. The molecule has 34 heavy (non-hydrogen) atoms. The number of fused-ring (bicyclic) bond motifs is 6. The van der Waals surface area contributed by atoms with Crippen LogP contribution in [0.1, 0.15) is 11.1 Å². The molecule has 0 fully saturated rings. The molecule has 0 unspecified atom stereocenters. The maximum atomic E-state index is 13.0. The summed E-state index contributed by atoms with van der Waals surface area (Å²) < 4.78 is 4.61. The van der Waals surface area contributed by atoms with Gasteiger partial charge in [-0.1, -0.05) is 71.2 Å². The normalized spacial score (nSPS) is 13.3. The lowest BCUT2D eigenvalue weighted by Crippen LogP contribution is -2.22. The maximum Gasteiger partial charge on any atom is 0.274 e. The number of imidazole rings is 2. The molecule has 162 valence electrons. The van der Waals surface area contributed by atoms with E-state index in [4.69, 9.17) is 0 Å². The topological polar surface area (TPSA) is 68.7 Å². The first-order chi connectivity index (χ1) is 16.7. The van der Waals surface area contributed by atoms with Crippen LogP contribution in [0.5, 0.6) is 0 Å². The fourth-order valence-electron chi connectivity index (χ4n) is 4.22. The molecular weight excluding hydrogens is 464 g/mol. The highest BCUT2D eigenvalue weighted by Gasteiger charge is 2.11. The van der Waals surface area contributed by atoms with Crippen LogP contribution in [0, 0.1) is 0 Å². The molecule has 0 N–H and O–H groups in total. The number of para-hydroxylation sites is 4. The average molecular weight is 479 g/mol. The van der Waals surface area contributed by atoms with E-state index in [2.05, 4.69) is 9.97 Å². The second-order valence-corrected chi connectivity index (χ2v) is 9.95. The van der Waals surface area contributed by atoms with Crippen LogP contribution >= 0.6 is 22.7 Å². The highest BCUT2D eigenvalue weighted by Crippen LogP contribution is 2.17. The Morgan fingerprint density at radius 2 is 1.00 bits per heavy atom. The van der Waals surface area contributed by atoms with Crippen LogP contribution in [0.25, 0.3) is 44.1 Å². The first-order valence-corrected chi connectivity index (χ1v) is 12.2. The van der Waals surface area contributed by atoms with Crippen molar-refractivity contribution in [1.82, 2.24) is 18.8 Å². The van der Waals surface area contributed by atoms with Crippen molar-refractivity contribution in [2.75, 3.05) is 0 Å². The molecule has 4 heterocycles. The summed E-state index contributed by atoms with van der Waals surface area (Å²) >= 11 is 2.77. The van der Waals surface area contributed by atoms with E-state index in [1.165, 1.54) is 22.7 Å². The third-order valence-corrected chi connectivity index (χ3v) is 7.76. The molecule has 0 amide bonds. The molecule has 0 saturated carbocycles. The number of aromatic nitrogens is 4.